The van der Waals surface area contributed by atoms with Crippen LogP contribution < -0.4 is 5.32 Å². The van der Waals surface area contributed by atoms with Crippen LogP contribution in [0.3, 0.4) is 0 Å². The Morgan fingerprint density at radius 2 is 2.22 bits per heavy atom. The Kier molecular flexibility index (Phi) is 5.19. The summed E-state index contributed by atoms with van der Waals surface area (Å²) in [7, 11) is 0. The monoisotopic (exact) mass is 332 g/mol. The number of urea groups is 1. The molecule has 1 aromatic heterocycles. The molecular weight excluding hydrogens is 312 g/mol. The van der Waals surface area contributed by atoms with Crippen LogP contribution in [0.15, 0.2) is 30.3 Å². The molecule has 2 amide bonds. The summed E-state index contributed by atoms with van der Waals surface area (Å²) in [5.41, 5.74) is 1.22. The van der Waals surface area contributed by atoms with Gasteiger partial charge in [0.25, 0.3) is 0 Å². The molecule has 0 radical (unpaired) electrons. The number of nitrogens with one attached hydrogen (secondary N) is 1. The van der Waals surface area contributed by atoms with Gasteiger partial charge in [-0.2, -0.15) is 0 Å². The normalized spacial score (nSPS) is 18.0. The third-order valence-electron chi connectivity index (χ3n) is 3.72. The molecule has 1 atom stereocenters. The van der Waals surface area contributed by atoms with Crippen molar-refractivity contribution in [2.45, 2.75) is 25.9 Å². The highest BCUT2D eigenvalue weighted by Gasteiger charge is 2.25. The van der Waals surface area contributed by atoms with E-state index in [-0.39, 0.29) is 12.1 Å². The lowest BCUT2D eigenvalue weighted by atomic mass is 10.1. The summed E-state index contributed by atoms with van der Waals surface area (Å²) in [6.45, 7) is 3.75. The number of nitrogens with zero attached hydrogens (tertiary/aromatic N) is 3. The number of hydrogen-bond donors (Lipinski definition) is 1. The highest BCUT2D eigenvalue weighted by Crippen LogP contribution is 2.17. The van der Waals surface area contributed by atoms with Gasteiger partial charge in [-0.15, -0.1) is 10.2 Å². The van der Waals surface area contributed by atoms with Gasteiger partial charge in [0.05, 0.1) is 12.7 Å². The van der Waals surface area contributed by atoms with Crippen LogP contribution in [-0.2, 0) is 17.6 Å². The number of anilines is 1. The number of aromatic nitrogens is 2. The molecule has 23 heavy (non-hydrogen) atoms. The van der Waals surface area contributed by atoms with Gasteiger partial charge in [0, 0.05) is 19.5 Å². The van der Waals surface area contributed by atoms with Gasteiger partial charge >= 0.3 is 6.03 Å². The van der Waals surface area contributed by atoms with Crippen molar-refractivity contribution in [1.29, 1.82) is 0 Å². The Labute approximate surface area is 139 Å². The molecule has 0 bridgehead atoms. The number of hydrogen-bond acceptors (Lipinski definition) is 5. The molecule has 1 N–H and O–H groups in total. The van der Waals surface area contributed by atoms with Crippen LogP contribution in [0.2, 0.25) is 0 Å². The Bertz CT molecular complexity index is 647. The van der Waals surface area contributed by atoms with Crippen molar-refractivity contribution in [2.75, 3.05) is 25.0 Å². The number of ether oxygens (including phenoxy) is 1. The summed E-state index contributed by atoms with van der Waals surface area (Å²) in [4.78, 5) is 14.1. The maximum atomic E-state index is 12.4. The van der Waals surface area contributed by atoms with Crippen LogP contribution in [0.25, 0.3) is 0 Å². The molecule has 0 saturated carbocycles. The predicted molar refractivity (Wildman–Crippen MR) is 89.8 cm³/mol. The Balaban J connectivity index is 1.56. The van der Waals surface area contributed by atoms with E-state index in [0.29, 0.717) is 24.8 Å². The van der Waals surface area contributed by atoms with Gasteiger partial charge in [-0.05, 0) is 12.0 Å². The fraction of sp³-hybridized carbons (Fsp3) is 0.438. The maximum Gasteiger partial charge on any atom is 0.323 e. The van der Waals surface area contributed by atoms with Crippen LogP contribution in [0, 0.1) is 0 Å². The van der Waals surface area contributed by atoms with E-state index in [0.717, 1.165) is 17.8 Å². The van der Waals surface area contributed by atoms with Crippen molar-refractivity contribution in [1.82, 2.24) is 15.1 Å². The van der Waals surface area contributed by atoms with Crippen molar-refractivity contribution in [2.24, 2.45) is 0 Å². The molecule has 1 fully saturated rings. The molecule has 1 saturated heterocycles. The molecule has 3 rings (SSSR count). The second-order valence-electron chi connectivity index (χ2n) is 5.41. The molecular formula is C16H20N4O2S. The molecule has 1 aliphatic rings. The summed E-state index contributed by atoms with van der Waals surface area (Å²) in [5.74, 6) is 0. The largest absolute Gasteiger partial charge is 0.374 e. The van der Waals surface area contributed by atoms with Crippen molar-refractivity contribution >= 4 is 22.5 Å². The quantitative estimate of drug-likeness (QED) is 0.934. The molecule has 122 valence electrons. The lowest BCUT2D eigenvalue weighted by Gasteiger charge is -2.32. The average molecular weight is 332 g/mol. The molecule has 1 unspecified atom stereocenters. The van der Waals surface area contributed by atoms with Crippen molar-refractivity contribution in [3.8, 4) is 0 Å². The summed E-state index contributed by atoms with van der Waals surface area (Å²) in [6, 6.07) is 10.1. The van der Waals surface area contributed by atoms with Gasteiger partial charge in [0.15, 0.2) is 0 Å². The van der Waals surface area contributed by atoms with E-state index in [9.17, 15) is 4.79 Å². The van der Waals surface area contributed by atoms with Crippen molar-refractivity contribution < 1.29 is 9.53 Å². The van der Waals surface area contributed by atoms with E-state index < -0.39 is 0 Å². The second-order valence-corrected chi connectivity index (χ2v) is 6.48. The van der Waals surface area contributed by atoms with Gasteiger partial charge in [0.2, 0.25) is 5.13 Å². The minimum Gasteiger partial charge on any atom is -0.374 e. The van der Waals surface area contributed by atoms with E-state index in [1.54, 1.807) is 4.90 Å². The molecule has 7 heteroatoms. The van der Waals surface area contributed by atoms with Crippen LogP contribution in [0.1, 0.15) is 17.5 Å². The lowest BCUT2D eigenvalue weighted by Crippen LogP contribution is -2.48. The first-order valence-corrected chi connectivity index (χ1v) is 8.60. The van der Waals surface area contributed by atoms with Crippen molar-refractivity contribution in [3.05, 3.63) is 40.9 Å². The number of aryl methyl sites for hydroxylation is 1. The number of rotatable bonds is 4. The Morgan fingerprint density at radius 1 is 1.39 bits per heavy atom. The Morgan fingerprint density at radius 3 is 2.96 bits per heavy atom. The number of morpholine rings is 1. The summed E-state index contributed by atoms with van der Waals surface area (Å²) in [6.07, 6.45) is 1.66. The zero-order valence-electron chi connectivity index (χ0n) is 13.1. The van der Waals surface area contributed by atoms with Crippen LogP contribution >= 0.6 is 11.3 Å². The minimum absolute atomic E-state index is 0.0255. The number of benzene rings is 1. The van der Waals surface area contributed by atoms with Crippen LogP contribution in [0.4, 0.5) is 9.93 Å². The van der Waals surface area contributed by atoms with Crippen molar-refractivity contribution in [3.63, 3.8) is 0 Å². The first-order chi connectivity index (χ1) is 11.2. The van der Waals surface area contributed by atoms with Crippen LogP contribution in [0.5, 0.6) is 0 Å². The molecule has 2 heterocycles. The molecule has 0 aliphatic carbocycles. The summed E-state index contributed by atoms with van der Waals surface area (Å²) < 4.78 is 5.79. The Hall–Kier alpha value is -1.99. The zero-order valence-corrected chi connectivity index (χ0v) is 13.9. The highest BCUT2D eigenvalue weighted by molar-refractivity contribution is 7.15. The van der Waals surface area contributed by atoms with Crippen LogP contribution in [-0.4, -0.2) is 46.9 Å². The number of carbonyl (C=O) groups is 1. The summed E-state index contributed by atoms with van der Waals surface area (Å²) in [5, 5.41) is 12.3. The molecule has 6 nitrogen and oxygen atoms in total. The fourth-order valence-electron chi connectivity index (χ4n) is 2.52. The lowest BCUT2D eigenvalue weighted by molar-refractivity contribution is -0.0113. The SMILES string of the molecule is CCc1nnc(NC(=O)N2CCOC(Cc3ccccc3)C2)s1. The first kappa shape index (κ1) is 15.9. The van der Waals surface area contributed by atoms with E-state index in [1.807, 2.05) is 25.1 Å². The van der Waals surface area contributed by atoms with E-state index in [2.05, 4.69) is 27.6 Å². The minimum atomic E-state index is -0.134. The second kappa shape index (κ2) is 7.52. The standard InChI is InChI=1S/C16H20N4O2S/c1-2-14-18-19-15(23-14)17-16(21)20-8-9-22-13(11-20)10-12-6-4-3-5-7-12/h3-7,13H,2,8-11H2,1H3,(H,17,19,21). The third-order valence-corrected chi connectivity index (χ3v) is 4.70. The number of amides is 2. The number of carbonyl (C=O) groups excluding carboxylic acids is 1. The summed E-state index contributed by atoms with van der Waals surface area (Å²) >= 11 is 1.42. The van der Waals surface area contributed by atoms with Gasteiger partial charge in [-0.3, -0.25) is 5.32 Å². The van der Waals surface area contributed by atoms with Gasteiger partial charge in [-0.25, -0.2) is 4.79 Å². The van der Waals surface area contributed by atoms with Gasteiger partial charge < -0.3 is 9.64 Å². The van der Waals surface area contributed by atoms with Gasteiger partial charge in [0.1, 0.15) is 5.01 Å². The zero-order chi connectivity index (χ0) is 16.1. The predicted octanol–water partition coefficient (Wildman–Crippen LogP) is 2.58. The average Bonchev–Trinajstić information content (AvgIpc) is 3.03. The first-order valence-electron chi connectivity index (χ1n) is 7.78. The topological polar surface area (TPSA) is 67.4 Å². The van der Waals surface area contributed by atoms with Gasteiger partial charge in [-0.1, -0.05) is 48.6 Å². The van der Waals surface area contributed by atoms with E-state index >= 15 is 0 Å². The fourth-order valence-corrected chi connectivity index (χ4v) is 3.19. The van der Waals surface area contributed by atoms with E-state index in [4.69, 9.17) is 4.74 Å². The molecule has 0 spiro atoms. The molecule has 1 aliphatic heterocycles. The van der Waals surface area contributed by atoms with E-state index in [1.165, 1.54) is 16.9 Å². The maximum absolute atomic E-state index is 12.4. The highest BCUT2D eigenvalue weighted by atomic mass is 32.1. The smallest absolute Gasteiger partial charge is 0.323 e. The molecule has 1 aromatic carbocycles. The molecule has 2 aromatic rings. The third kappa shape index (κ3) is 4.27.